The quantitative estimate of drug-likeness (QED) is 0.619. The minimum absolute atomic E-state index is 0.0117. The van der Waals surface area contributed by atoms with Gasteiger partial charge in [-0.1, -0.05) is 19.3 Å². The fourth-order valence-corrected chi connectivity index (χ4v) is 2.67. The number of hydrogen-bond donors (Lipinski definition) is 3. The molecule has 1 fully saturated rings. The van der Waals surface area contributed by atoms with E-state index in [-0.39, 0.29) is 24.1 Å². The van der Waals surface area contributed by atoms with Crippen molar-refractivity contribution in [2.45, 2.75) is 50.1 Å². The Bertz CT molecular complexity index is 253. The summed E-state index contributed by atoms with van der Waals surface area (Å²) in [7, 11) is 3.49. The highest BCUT2D eigenvalue weighted by atomic mass is 16.5. The second-order valence-electron chi connectivity index (χ2n) is 5.17. The second kappa shape index (κ2) is 7.71. The molecule has 0 spiro atoms. The molecular weight excluding hydrogens is 232 g/mol. The van der Waals surface area contributed by atoms with Gasteiger partial charge in [-0.2, -0.15) is 0 Å². The van der Waals surface area contributed by atoms with Gasteiger partial charge in [0.25, 0.3) is 0 Å². The first-order valence-corrected chi connectivity index (χ1v) is 6.74. The Morgan fingerprint density at radius 2 is 2.06 bits per heavy atom. The molecule has 1 rings (SSSR count). The van der Waals surface area contributed by atoms with Crippen LogP contribution in [0.3, 0.4) is 0 Å². The van der Waals surface area contributed by atoms with E-state index in [9.17, 15) is 4.79 Å². The minimum atomic E-state index is -0.306. The van der Waals surface area contributed by atoms with Crippen molar-refractivity contribution in [3.05, 3.63) is 0 Å². The number of carbonyl (C=O) groups is 1. The number of hydrogen-bond acceptors (Lipinski definition) is 4. The molecule has 18 heavy (non-hydrogen) atoms. The first-order chi connectivity index (χ1) is 8.65. The van der Waals surface area contributed by atoms with Crippen LogP contribution in [0.1, 0.15) is 38.5 Å². The van der Waals surface area contributed by atoms with Gasteiger partial charge in [0, 0.05) is 19.1 Å². The summed E-state index contributed by atoms with van der Waals surface area (Å²) >= 11 is 0. The zero-order valence-electron chi connectivity index (χ0n) is 11.5. The summed E-state index contributed by atoms with van der Waals surface area (Å²) < 4.78 is 4.95. The monoisotopic (exact) mass is 258 g/mol. The number of aliphatic hydroxyl groups excluding tert-OH is 1. The lowest BCUT2D eigenvalue weighted by Crippen LogP contribution is -2.50. The molecule has 1 saturated carbocycles. The summed E-state index contributed by atoms with van der Waals surface area (Å²) in [6.07, 6.45) is 6.18. The molecule has 0 bridgehead atoms. The van der Waals surface area contributed by atoms with Gasteiger partial charge in [0.15, 0.2) is 0 Å². The van der Waals surface area contributed by atoms with Crippen LogP contribution in [-0.2, 0) is 9.53 Å². The van der Waals surface area contributed by atoms with Crippen LogP contribution in [0.25, 0.3) is 0 Å². The van der Waals surface area contributed by atoms with Gasteiger partial charge in [-0.25, -0.2) is 0 Å². The average molecular weight is 258 g/mol. The standard InChI is InChI=1S/C13H26N2O3/c1-14-13(6-4-3-5-7-13)8-12(17)15-11(9-16)10-18-2/h11,14,16H,3-10H2,1-2H3,(H,15,17). The summed E-state index contributed by atoms with van der Waals surface area (Å²) in [4.78, 5) is 12.0. The molecule has 5 heteroatoms. The molecule has 0 aromatic heterocycles. The first-order valence-electron chi connectivity index (χ1n) is 6.74. The number of rotatable bonds is 7. The average Bonchev–Trinajstić information content (AvgIpc) is 2.39. The summed E-state index contributed by atoms with van der Waals surface area (Å²) in [6, 6.07) is -0.306. The minimum Gasteiger partial charge on any atom is -0.394 e. The second-order valence-corrected chi connectivity index (χ2v) is 5.17. The van der Waals surface area contributed by atoms with E-state index in [0.29, 0.717) is 13.0 Å². The molecule has 0 heterocycles. The van der Waals surface area contributed by atoms with Crippen LogP contribution in [-0.4, -0.2) is 50.0 Å². The number of aliphatic hydroxyl groups is 1. The Labute approximate surface area is 109 Å². The molecule has 1 unspecified atom stereocenters. The van der Waals surface area contributed by atoms with Crippen LogP contribution >= 0.6 is 0 Å². The zero-order chi connectivity index (χ0) is 13.4. The largest absolute Gasteiger partial charge is 0.394 e. The third kappa shape index (κ3) is 4.55. The molecular formula is C13H26N2O3. The number of carbonyl (C=O) groups excluding carboxylic acids is 1. The lowest BCUT2D eigenvalue weighted by Gasteiger charge is -2.37. The summed E-state index contributed by atoms with van der Waals surface area (Å²) in [5.74, 6) is -0.0117. The Hall–Kier alpha value is -0.650. The zero-order valence-corrected chi connectivity index (χ0v) is 11.5. The van der Waals surface area contributed by atoms with Crippen molar-refractivity contribution in [3.8, 4) is 0 Å². The van der Waals surface area contributed by atoms with Crippen molar-refractivity contribution in [1.29, 1.82) is 0 Å². The van der Waals surface area contributed by atoms with Gasteiger partial charge < -0.3 is 20.5 Å². The van der Waals surface area contributed by atoms with Gasteiger partial charge in [0.05, 0.1) is 19.3 Å². The maximum atomic E-state index is 12.0. The van der Waals surface area contributed by atoms with E-state index in [1.54, 1.807) is 7.11 Å². The Kier molecular flexibility index (Phi) is 6.60. The van der Waals surface area contributed by atoms with Crippen molar-refractivity contribution in [1.82, 2.24) is 10.6 Å². The molecule has 1 atom stereocenters. The first kappa shape index (κ1) is 15.4. The Balaban J connectivity index is 2.45. The molecule has 0 saturated heterocycles. The van der Waals surface area contributed by atoms with Crippen molar-refractivity contribution in [2.75, 3.05) is 27.4 Å². The van der Waals surface area contributed by atoms with E-state index in [2.05, 4.69) is 10.6 Å². The van der Waals surface area contributed by atoms with Gasteiger partial charge in [-0.05, 0) is 19.9 Å². The molecule has 106 valence electrons. The summed E-state index contributed by atoms with van der Waals surface area (Å²) in [6.45, 7) is 0.251. The molecule has 1 amide bonds. The number of ether oxygens (including phenoxy) is 1. The number of methoxy groups -OCH3 is 1. The SMILES string of the molecule is CNC1(CC(=O)NC(CO)COC)CCCCC1. The Morgan fingerprint density at radius 3 is 2.56 bits per heavy atom. The lowest BCUT2D eigenvalue weighted by atomic mass is 9.79. The van der Waals surface area contributed by atoms with Crippen molar-refractivity contribution >= 4 is 5.91 Å². The molecule has 1 aliphatic carbocycles. The summed E-state index contributed by atoms with van der Waals surface area (Å²) in [5.41, 5.74) is -0.0601. The van der Waals surface area contributed by atoms with E-state index in [1.165, 1.54) is 19.3 Å². The molecule has 5 nitrogen and oxygen atoms in total. The van der Waals surface area contributed by atoms with Crippen LogP contribution in [0, 0.1) is 0 Å². The van der Waals surface area contributed by atoms with Gasteiger partial charge >= 0.3 is 0 Å². The fraction of sp³-hybridized carbons (Fsp3) is 0.923. The van der Waals surface area contributed by atoms with Crippen molar-refractivity contribution in [3.63, 3.8) is 0 Å². The molecule has 0 aromatic carbocycles. The maximum Gasteiger partial charge on any atom is 0.222 e. The number of amides is 1. The highest BCUT2D eigenvalue weighted by Gasteiger charge is 2.32. The smallest absolute Gasteiger partial charge is 0.222 e. The highest BCUT2D eigenvalue weighted by molar-refractivity contribution is 5.77. The van der Waals surface area contributed by atoms with Gasteiger partial charge in [0.1, 0.15) is 0 Å². The molecule has 3 N–H and O–H groups in total. The normalized spacial score (nSPS) is 20.4. The molecule has 1 aliphatic rings. The fourth-order valence-electron chi connectivity index (χ4n) is 2.67. The van der Waals surface area contributed by atoms with E-state index in [4.69, 9.17) is 9.84 Å². The van der Waals surface area contributed by atoms with Gasteiger partial charge in [0.2, 0.25) is 5.91 Å². The maximum absolute atomic E-state index is 12.0. The molecule has 0 aliphatic heterocycles. The topological polar surface area (TPSA) is 70.6 Å². The van der Waals surface area contributed by atoms with Crippen LogP contribution in [0.4, 0.5) is 0 Å². The van der Waals surface area contributed by atoms with Gasteiger partial charge in [-0.15, -0.1) is 0 Å². The summed E-state index contributed by atoms with van der Waals surface area (Å²) in [5, 5.41) is 15.3. The predicted molar refractivity (Wildman–Crippen MR) is 70.4 cm³/mol. The van der Waals surface area contributed by atoms with E-state index in [1.807, 2.05) is 7.05 Å². The van der Waals surface area contributed by atoms with E-state index >= 15 is 0 Å². The third-order valence-electron chi connectivity index (χ3n) is 3.79. The van der Waals surface area contributed by atoms with Crippen LogP contribution in [0.5, 0.6) is 0 Å². The van der Waals surface area contributed by atoms with E-state index in [0.717, 1.165) is 12.8 Å². The molecule has 0 radical (unpaired) electrons. The van der Waals surface area contributed by atoms with Crippen molar-refractivity contribution < 1.29 is 14.6 Å². The highest BCUT2D eigenvalue weighted by Crippen LogP contribution is 2.30. The van der Waals surface area contributed by atoms with Crippen molar-refractivity contribution in [2.24, 2.45) is 0 Å². The van der Waals surface area contributed by atoms with Gasteiger partial charge in [-0.3, -0.25) is 4.79 Å². The van der Waals surface area contributed by atoms with Crippen LogP contribution < -0.4 is 10.6 Å². The molecule has 0 aromatic rings. The van der Waals surface area contributed by atoms with E-state index < -0.39 is 0 Å². The Morgan fingerprint density at radius 1 is 1.39 bits per heavy atom. The lowest BCUT2D eigenvalue weighted by molar-refractivity contribution is -0.124. The van der Waals surface area contributed by atoms with Crippen LogP contribution in [0.15, 0.2) is 0 Å². The number of nitrogens with one attached hydrogen (secondary N) is 2. The predicted octanol–water partition coefficient (Wildman–Crippen LogP) is 0.422. The van der Waals surface area contributed by atoms with Crippen LogP contribution in [0.2, 0.25) is 0 Å². The third-order valence-corrected chi connectivity index (χ3v) is 3.79.